The van der Waals surface area contributed by atoms with Crippen LogP contribution in [0, 0.1) is 0 Å². The van der Waals surface area contributed by atoms with E-state index in [1.807, 2.05) is 0 Å². The van der Waals surface area contributed by atoms with Gasteiger partial charge in [0.25, 0.3) is 5.56 Å². The molecule has 0 radical (unpaired) electrons. The molecule has 0 atom stereocenters. The minimum atomic E-state index is -0.576. The van der Waals surface area contributed by atoms with Gasteiger partial charge in [-0.1, -0.05) is 40.9 Å². The Balaban J connectivity index is 2.46. The summed E-state index contributed by atoms with van der Waals surface area (Å²) in [6.07, 6.45) is 1.38. The monoisotopic (exact) mass is 345 g/mol. The number of rotatable bonds is 3. The van der Waals surface area contributed by atoms with E-state index in [4.69, 9.17) is 34.8 Å². The zero-order chi connectivity index (χ0) is 15.6. The fraction of sp³-hybridized carbons (Fsp3) is 0.143. The number of aromatic nitrogens is 1. The molecular formula is C14H10Cl3NO3. The van der Waals surface area contributed by atoms with Crippen LogP contribution in [0.1, 0.15) is 15.9 Å². The Labute approximate surface area is 135 Å². The second kappa shape index (κ2) is 6.52. The summed E-state index contributed by atoms with van der Waals surface area (Å²) in [5.74, 6) is -0.576. The molecule has 0 bridgehead atoms. The van der Waals surface area contributed by atoms with E-state index >= 15 is 0 Å². The fourth-order valence-electron chi connectivity index (χ4n) is 1.78. The van der Waals surface area contributed by atoms with Gasteiger partial charge in [-0.25, -0.2) is 4.79 Å². The number of nitrogens with zero attached hydrogens (tertiary/aromatic N) is 1. The topological polar surface area (TPSA) is 48.3 Å². The van der Waals surface area contributed by atoms with Crippen LogP contribution >= 0.6 is 34.8 Å². The van der Waals surface area contributed by atoms with Crippen LogP contribution in [0.4, 0.5) is 0 Å². The molecule has 1 aromatic carbocycles. The largest absolute Gasteiger partial charge is 0.465 e. The number of pyridine rings is 1. The van der Waals surface area contributed by atoms with Gasteiger partial charge in [-0.3, -0.25) is 4.79 Å². The van der Waals surface area contributed by atoms with Crippen molar-refractivity contribution in [3.05, 3.63) is 67.0 Å². The summed E-state index contributed by atoms with van der Waals surface area (Å²) < 4.78 is 5.91. The highest BCUT2D eigenvalue weighted by Crippen LogP contribution is 2.21. The molecule has 0 spiro atoms. The van der Waals surface area contributed by atoms with E-state index in [9.17, 15) is 9.59 Å². The van der Waals surface area contributed by atoms with Crippen LogP contribution in [-0.4, -0.2) is 17.6 Å². The van der Waals surface area contributed by atoms with Gasteiger partial charge in [-0.05, 0) is 23.8 Å². The summed E-state index contributed by atoms with van der Waals surface area (Å²) in [6, 6.07) is 6.22. The predicted molar refractivity (Wildman–Crippen MR) is 82.6 cm³/mol. The maximum atomic E-state index is 12.0. The molecule has 0 saturated heterocycles. The maximum Gasteiger partial charge on any atom is 0.339 e. The number of esters is 1. The van der Waals surface area contributed by atoms with Crippen LogP contribution in [0.25, 0.3) is 0 Å². The van der Waals surface area contributed by atoms with E-state index in [2.05, 4.69) is 4.74 Å². The lowest BCUT2D eigenvalue weighted by Crippen LogP contribution is -2.22. The number of methoxy groups -OCH3 is 1. The summed E-state index contributed by atoms with van der Waals surface area (Å²) in [6.45, 7) is 0.166. The molecule has 2 rings (SSSR count). The molecule has 7 heteroatoms. The summed E-state index contributed by atoms with van der Waals surface area (Å²) in [7, 11) is 1.25. The van der Waals surface area contributed by atoms with Crippen molar-refractivity contribution in [1.82, 2.24) is 4.57 Å². The van der Waals surface area contributed by atoms with Crippen molar-refractivity contribution in [2.45, 2.75) is 6.54 Å². The number of halogens is 3. The van der Waals surface area contributed by atoms with Crippen LogP contribution < -0.4 is 5.56 Å². The van der Waals surface area contributed by atoms with E-state index in [-0.39, 0.29) is 17.1 Å². The third-order valence-corrected chi connectivity index (χ3v) is 3.68. The van der Waals surface area contributed by atoms with Crippen molar-refractivity contribution in [3.63, 3.8) is 0 Å². The van der Waals surface area contributed by atoms with Gasteiger partial charge in [0.2, 0.25) is 0 Å². The molecule has 0 saturated carbocycles. The third-order valence-electron chi connectivity index (χ3n) is 2.82. The van der Waals surface area contributed by atoms with E-state index in [0.29, 0.717) is 15.6 Å². The first-order valence-electron chi connectivity index (χ1n) is 5.84. The van der Waals surface area contributed by atoms with Crippen LogP contribution in [0.3, 0.4) is 0 Å². The third kappa shape index (κ3) is 3.59. The SMILES string of the molecule is COC(=O)c1cc(Cl)c(=O)n(Cc2ccc(Cl)cc2Cl)c1. The molecule has 2 aromatic rings. The average Bonchev–Trinajstić information content (AvgIpc) is 2.45. The number of carbonyl (C=O) groups excluding carboxylic acids is 1. The first-order chi connectivity index (χ1) is 9.92. The predicted octanol–water partition coefficient (Wildman–Crippen LogP) is 3.64. The number of hydrogen-bond acceptors (Lipinski definition) is 3. The molecule has 21 heavy (non-hydrogen) atoms. The number of benzene rings is 1. The summed E-state index contributed by atoms with van der Waals surface area (Å²) in [4.78, 5) is 23.6. The molecule has 1 aromatic heterocycles. The number of hydrogen-bond donors (Lipinski definition) is 0. The summed E-state index contributed by atoms with van der Waals surface area (Å²) in [5, 5.41) is 0.856. The first kappa shape index (κ1) is 15.9. The molecule has 0 fully saturated rings. The highest BCUT2D eigenvalue weighted by Gasteiger charge is 2.12. The van der Waals surface area contributed by atoms with Crippen LogP contribution in [0.5, 0.6) is 0 Å². The van der Waals surface area contributed by atoms with Crippen LogP contribution in [0.15, 0.2) is 35.3 Å². The van der Waals surface area contributed by atoms with Gasteiger partial charge in [-0.15, -0.1) is 0 Å². The molecule has 0 unspecified atom stereocenters. The zero-order valence-corrected chi connectivity index (χ0v) is 13.2. The highest BCUT2D eigenvalue weighted by atomic mass is 35.5. The Morgan fingerprint density at radius 3 is 2.52 bits per heavy atom. The fourth-order valence-corrected chi connectivity index (χ4v) is 2.47. The standard InChI is InChI=1S/C14H10Cl3NO3/c1-21-14(20)9-4-12(17)13(19)18(7-9)6-8-2-3-10(15)5-11(8)16/h2-5,7H,6H2,1H3. The van der Waals surface area contributed by atoms with E-state index in [1.54, 1.807) is 18.2 Å². The number of carbonyl (C=O) groups is 1. The van der Waals surface area contributed by atoms with Gasteiger partial charge in [0.1, 0.15) is 5.02 Å². The Hall–Kier alpha value is -1.49. The Morgan fingerprint density at radius 2 is 1.90 bits per heavy atom. The van der Waals surface area contributed by atoms with Gasteiger partial charge >= 0.3 is 5.97 Å². The Morgan fingerprint density at radius 1 is 1.19 bits per heavy atom. The van der Waals surface area contributed by atoms with Crippen LogP contribution in [-0.2, 0) is 11.3 Å². The molecule has 0 amide bonds. The minimum absolute atomic E-state index is 0.0667. The van der Waals surface area contributed by atoms with Gasteiger partial charge in [0.05, 0.1) is 19.2 Å². The molecule has 0 aliphatic carbocycles. The van der Waals surface area contributed by atoms with E-state index in [1.165, 1.54) is 23.9 Å². The molecule has 4 nitrogen and oxygen atoms in total. The summed E-state index contributed by atoms with van der Waals surface area (Å²) >= 11 is 17.8. The van der Waals surface area contributed by atoms with E-state index in [0.717, 1.165) is 0 Å². The van der Waals surface area contributed by atoms with Crippen molar-refractivity contribution in [2.75, 3.05) is 7.11 Å². The van der Waals surface area contributed by atoms with Crippen molar-refractivity contribution in [2.24, 2.45) is 0 Å². The lowest BCUT2D eigenvalue weighted by atomic mass is 10.2. The Bertz CT molecular complexity index is 756. The normalized spacial score (nSPS) is 10.5. The lowest BCUT2D eigenvalue weighted by molar-refractivity contribution is 0.0599. The maximum absolute atomic E-state index is 12.0. The molecule has 0 aliphatic rings. The van der Waals surface area contributed by atoms with Crippen LogP contribution in [0.2, 0.25) is 15.1 Å². The molecule has 0 aliphatic heterocycles. The molecule has 0 N–H and O–H groups in total. The average molecular weight is 347 g/mol. The van der Waals surface area contributed by atoms with Gasteiger partial charge < -0.3 is 9.30 Å². The van der Waals surface area contributed by atoms with Crippen molar-refractivity contribution in [1.29, 1.82) is 0 Å². The van der Waals surface area contributed by atoms with Crippen molar-refractivity contribution < 1.29 is 9.53 Å². The Kier molecular flexibility index (Phi) is 4.93. The highest BCUT2D eigenvalue weighted by molar-refractivity contribution is 6.35. The lowest BCUT2D eigenvalue weighted by Gasteiger charge is -2.10. The van der Waals surface area contributed by atoms with Gasteiger partial charge in [-0.2, -0.15) is 0 Å². The van der Waals surface area contributed by atoms with Gasteiger partial charge in [0.15, 0.2) is 0 Å². The second-order valence-corrected chi connectivity index (χ2v) is 5.49. The smallest absolute Gasteiger partial charge is 0.339 e. The second-order valence-electron chi connectivity index (χ2n) is 4.24. The van der Waals surface area contributed by atoms with Gasteiger partial charge in [0, 0.05) is 16.2 Å². The van der Waals surface area contributed by atoms with Crippen molar-refractivity contribution >= 4 is 40.8 Å². The quantitative estimate of drug-likeness (QED) is 0.797. The number of ether oxygens (including phenoxy) is 1. The molecule has 1 heterocycles. The minimum Gasteiger partial charge on any atom is -0.465 e. The zero-order valence-electron chi connectivity index (χ0n) is 10.9. The molecule has 110 valence electrons. The molecular weight excluding hydrogens is 337 g/mol. The summed E-state index contributed by atoms with van der Waals surface area (Å²) in [5.41, 5.74) is 0.448. The first-order valence-corrected chi connectivity index (χ1v) is 6.98. The van der Waals surface area contributed by atoms with E-state index < -0.39 is 11.5 Å². The van der Waals surface area contributed by atoms with Crippen molar-refractivity contribution in [3.8, 4) is 0 Å².